The Kier molecular flexibility index (Phi) is 3.26. The summed E-state index contributed by atoms with van der Waals surface area (Å²) in [6.45, 7) is 1.72. The van der Waals surface area contributed by atoms with Crippen LogP contribution in [0, 0.1) is 18.3 Å². The van der Waals surface area contributed by atoms with E-state index in [9.17, 15) is 4.79 Å². The first-order valence-electron chi connectivity index (χ1n) is 3.93. The van der Waals surface area contributed by atoms with Gasteiger partial charge < -0.3 is 5.11 Å². The Morgan fingerprint density at radius 2 is 2.29 bits per heavy atom. The maximum atomic E-state index is 10.8. The van der Waals surface area contributed by atoms with E-state index in [-0.39, 0.29) is 5.56 Å². The molecule has 0 saturated heterocycles. The Morgan fingerprint density at radius 3 is 2.71 bits per heavy atom. The molecule has 0 unspecified atom stereocenters. The highest BCUT2D eigenvalue weighted by Crippen LogP contribution is 2.18. The molecule has 0 aliphatic heterocycles. The summed E-state index contributed by atoms with van der Waals surface area (Å²) in [4.78, 5) is 10.8. The molecule has 0 radical (unpaired) electrons. The number of hydrogen-bond donors (Lipinski definition) is 1. The van der Waals surface area contributed by atoms with E-state index in [1.165, 1.54) is 6.07 Å². The van der Waals surface area contributed by atoms with E-state index in [0.29, 0.717) is 16.5 Å². The topological polar surface area (TPSA) is 61.1 Å². The van der Waals surface area contributed by atoms with Gasteiger partial charge in [-0.3, -0.25) is 0 Å². The van der Waals surface area contributed by atoms with Gasteiger partial charge in [-0.2, -0.15) is 5.26 Å². The van der Waals surface area contributed by atoms with E-state index >= 15 is 0 Å². The van der Waals surface area contributed by atoms with Crippen LogP contribution in [0.1, 0.15) is 27.0 Å². The van der Waals surface area contributed by atoms with Crippen LogP contribution in [0.2, 0.25) is 0 Å². The number of carboxylic acids is 1. The van der Waals surface area contributed by atoms with Gasteiger partial charge in [0.2, 0.25) is 0 Å². The first kappa shape index (κ1) is 10.7. The summed E-state index contributed by atoms with van der Waals surface area (Å²) < 4.78 is 0. The lowest BCUT2D eigenvalue weighted by Gasteiger charge is -2.05. The first-order chi connectivity index (χ1) is 6.60. The van der Waals surface area contributed by atoms with Crippen molar-refractivity contribution in [1.82, 2.24) is 0 Å². The third-order valence-corrected chi connectivity index (χ3v) is 2.55. The molecule has 1 aromatic rings. The predicted octanol–water partition coefficient (Wildman–Crippen LogP) is 2.46. The quantitative estimate of drug-likeness (QED) is 0.824. The number of benzene rings is 1. The average molecular weight is 254 g/mol. The Balaban J connectivity index is 3.40. The van der Waals surface area contributed by atoms with E-state index < -0.39 is 5.97 Å². The molecule has 72 valence electrons. The van der Waals surface area contributed by atoms with Gasteiger partial charge in [0.15, 0.2) is 0 Å². The largest absolute Gasteiger partial charge is 0.478 e. The monoisotopic (exact) mass is 253 g/mol. The molecule has 0 amide bonds. The minimum absolute atomic E-state index is 0.186. The zero-order chi connectivity index (χ0) is 10.7. The highest BCUT2D eigenvalue weighted by atomic mass is 79.9. The van der Waals surface area contributed by atoms with Crippen LogP contribution in [0.25, 0.3) is 0 Å². The fourth-order valence-electron chi connectivity index (χ4n) is 1.21. The molecule has 14 heavy (non-hydrogen) atoms. The van der Waals surface area contributed by atoms with Crippen molar-refractivity contribution in [2.45, 2.75) is 12.3 Å². The summed E-state index contributed by atoms with van der Waals surface area (Å²) >= 11 is 3.25. The summed E-state index contributed by atoms with van der Waals surface area (Å²) in [5.41, 5.74) is 2.08. The second-order valence-corrected chi connectivity index (χ2v) is 3.44. The van der Waals surface area contributed by atoms with E-state index in [4.69, 9.17) is 10.4 Å². The SMILES string of the molecule is Cc1cc(CBr)c(C#N)cc1C(=O)O. The van der Waals surface area contributed by atoms with Gasteiger partial charge in [0.25, 0.3) is 0 Å². The molecule has 0 heterocycles. The van der Waals surface area contributed by atoms with Crippen LogP contribution in [0.15, 0.2) is 12.1 Å². The second kappa shape index (κ2) is 4.25. The summed E-state index contributed by atoms with van der Waals surface area (Å²) in [6.07, 6.45) is 0. The highest BCUT2D eigenvalue weighted by molar-refractivity contribution is 9.08. The predicted molar refractivity (Wildman–Crippen MR) is 55.5 cm³/mol. The van der Waals surface area contributed by atoms with Crippen LogP contribution in [0.3, 0.4) is 0 Å². The fraction of sp³-hybridized carbons (Fsp3) is 0.200. The minimum Gasteiger partial charge on any atom is -0.478 e. The van der Waals surface area contributed by atoms with Crippen LogP contribution in [-0.4, -0.2) is 11.1 Å². The Hall–Kier alpha value is -1.34. The average Bonchev–Trinajstić information content (AvgIpc) is 2.16. The van der Waals surface area contributed by atoms with Crippen LogP contribution in [0.4, 0.5) is 0 Å². The molecule has 0 fully saturated rings. The lowest BCUT2D eigenvalue weighted by molar-refractivity contribution is 0.0696. The van der Waals surface area contributed by atoms with Gasteiger partial charge in [0.05, 0.1) is 17.2 Å². The number of halogens is 1. The van der Waals surface area contributed by atoms with Gasteiger partial charge >= 0.3 is 5.97 Å². The number of rotatable bonds is 2. The minimum atomic E-state index is -1.000. The van der Waals surface area contributed by atoms with Gasteiger partial charge in [-0.1, -0.05) is 22.0 Å². The number of aromatic carboxylic acids is 1. The normalized spacial score (nSPS) is 9.50. The molecule has 0 aromatic heterocycles. The highest BCUT2D eigenvalue weighted by Gasteiger charge is 2.11. The van der Waals surface area contributed by atoms with Gasteiger partial charge in [0, 0.05) is 5.33 Å². The van der Waals surface area contributed by atoms with Crippen molar-refractivity contribution in [3.63, 3.8) is 0 Å². The van der Waals surface area contributed by atoms with Crippen molar-refractivity contribution in [3.8, 4) is 6.07 Å². The number of nitrogens with zero attached hydrogens (tertiary/aromatic N) is 1. The summed E-state index contributed by atoms with van der Waals surface area (Å²) in [7, 11) is 0. The zero-order valence-corrected chi connectivity index (χ0v) is 9.13. The summed E-state index contributed by atoms with van der Waals surface area (Å²) in [5, 5.41) is 18.2. The molecular weight excluding hydrogens is 246 g/mol. The second-order valence-electron chi connectivity index (χ2n) is 2.87. The molecule has 0 saturated carbocycles. The maximum absolute atomic E-state index is 10.8. The molecule has 1 N–H and O–H groups in total. The van der Waals surface area contributed by atoms with Gasteiger partial charge in [-0.05, 0) is 24.1 Å². The molecule has 1 aromatic carbocycles. The molecule has 0 bridgehead atoms. The van der Waals surface area contributed by atoms with Gasteiger partial charge in [-0.25, -0.2) is 4.79 Å². The van der Waals surface area contributed by atoms with Crippen LogP contribution >= 0.6 is 15.9 Å². The van der Waals surface area contributed by atoms with E-state index in [0.717, 1.165) is 5.56 Å². The molecule has 0 atom stereocenters. The number of carboxylic acid groups (broad SMARTS) is 1. The van der Waals surface area contributed by atoms with Gasteiger partial charge in [-0.15, -0.1) is 0 Å². The van der Waals surface area contributed by atoms with E-state index in [1.807, 2.05) is 6.07 Å². The molecule has 0 aliphatic rings. The smallest absolute Gasteiger partial charge is 0.335 e. The lowest BCUT2D eigenvalue weighted by Crippen LogP contribution is -2.02. The molecule has 0 spiro atoms. The molecular formula is C10H8BrNO2. The molecule has 0 aliphatic carbocycles. The Bertz CT molecular complexity index is 421. The lowest BCUT2D eigenvalue weighted by atomic mass is 10.0. The number of nitriles is 1. The summed E-state index contributed by atoms with van der Waals surface area (Å²) in [6, 6.07) is 5.11. The third-order valence-electron chi connectivity index (χ3n) is 1.95. The third kappa shape index (κ3) is 1.94. The Labute approximate surface area is 90.1 Å². The van der Waals surface area contributed by atoms with E-state index in [1.54, 1.807) is 13.0 Å². The molecule has 1 rings (SSSR count). The van der Waals surface area contributed by atoms with Crippen molar-refractivity contribution in [3.05, 3.63) is 34.4 Å². The van der Waals surface area contributed by atoms with Crippen molar-refractivity contribution in [2.75, 3.05) is 0 Å². The maximum Gasteiger partial charge on any atom is 0.335 e. The van der Waals surface area contributed by atoms with Crippen LogP contribution in [0.5, 0.6) is 0 Å². The van der Waals surface area contributed by atoms with Crippen LogP contribution < -0.4 is 0 Å². The summed E-state index contributed by atoms with van der Waals surface area (Å²) in [5.74, 6) is -1.000. The van der Waals surface area contributed by atoms with Gasteiger partial charge in [0.1, 0.15) is 0 Å². The van der Waals surface area contributed by atoms with Crippen molar-refractivity contribution < 1.29 is 9.90 Å². The number of alkyl halides is 1. The zero-order valence-electron chi connectivity index (χ0n) is 7.54. The number of aryl methyl sites for hydroxylation is 1. The van der Waals surface area contributed by atoms with E-state index in [2.05, 4.69) is 15.9 Å². The van der Waals surface area contributed by atoms with Crippen molar-refractivity contribution >= 4 is 21.9 Å². The fourth-order valence-corrected chi connectivity index (χ4v) is 1.68. The number of carbonyl (C=O) groups is 1. The van der Waals surface area contributed by atoms with Crippen LogP contribution in [-0.2, 0) is 5.33 Å². The standard InChI is InChI=1S/C10H8BrNO2/c1-6-2-7(4-11)8(5-12)3-9(6)10(13)14/h2-3H,4H2,1H3,(H,13,14). The van der Waals surface area contributed by atoms with Crippen molar-refractivity contribution in [1.29, 1.82) is 5.26 Å². The number of hydrogen-bond acceptors (Lipinski definition) is 2. The first-order valence-corrected chi connectivity index (χ1v) is 5.05. The molecule has 4 heteroatoms. The molecule has 3 nitrogen and oxygen atoms in total. The Morgan fingerprint density at radius 1 is 1.64 bits per heavy atom. The van der Waals surface area contributed by atoms with Crippen molar-refractivity contribution in [2.24, 2.45) is 0 Å².